The fourth-order valence-corrected chi connectivity index (χ4v) is 3.03. The molecule has 25 heavy (non-hydrogen) atoms. The molecular formula is C16H24N6O3. The number of amides is 1. The number of hydrogen-bond acceptors (Lipinski definition) is 6. The number of aliphatic hydroxyl groups excluding tert-OH is 1. The second-order valence-electron chi connectivity index (χ2n) is 6.43. The van der Waals surface area contributed by atoms with E-state index in [1.54, 1.807) is 11.9 Å². The highest BCUT2D eigenvalue weighted by atomic mass is 16.3. The van der Waals surface area contributed by atoms with Crippen LogP contribution in [-0.4, -0.2) is 79.0 Å². The fourth-order valence-electron chi connectivity index (χ4n) is 3.03. The molecule has 0 aromatic carbocycles. The highest BCUT2D eigenvalue weighted by Gasteiger charge is 2.23. The molecule has 3 rings (SSSR count). The van der Waals surface area contributed by atoms with Gasteiger partial charge in [0.05, 0.1) is 12.3 Å². The molecule has 1 saturated heterocycles. The molecule has 2 aromatic rings. The van der Waals surface area contributed by atoms with Gasteiger partial charge in [0.1, 0.15) is 18.3 Å². The third-order valence-electron chi connectivity index (χ3n) is 4.69. The van der Waals surface area contributed by atoms with Crippen LogP contribution in [0.4, 0.5) is 0 Å². The van der Waals surface area contributed by atoms with Gasteiger partial charge in [0, 0.05) is 39.8 Å². The second kappa shape index (κ2) is 7.32. The molecule has 0 unspecified atom stereocenters. The number of hydrogen-bond donors (Lipinski definition) is 1. The Kier molecular flexibility index (Phi) is 5.14. The predicted octanol–water partition coefficient (Wildman–Crippen LogP) is -0.955. The molecule has 1 amide bonds. The van der Waals surface area contributed by atoms with Crippen LogP contribution in [0, 0.1) is 0 Å². The molecule has 9 heteroatoms. The summed E-state index contributed by atoms with van der Waals surface area (Å²) < 4.78 is 2.87. The van der Waals surface area contributed by atoms with Crippen molar-refractivity contribution < 1.29 is 9.90 Å². The van der Waals surface area contributed by atoms with Crippen LogP contribution in [0.25, 0.3) is 11.0 Å². The van der Waals surface area contributed by atoms with Gasteiger partial charge < -0.3 is 10.0 Å². The van der Waals surface area contributed by atoms with E-state index in [0.29, 0.717) is 30.7 Å². The number of carbonyl (C=O) groups excluding carboxylic acids is 1. The van der Waals surface area contributed by atoms with Crippen molar-refractivity contribution in [3.8, 4) is 0 Å². The summed E-state index contributed by atoms with van der Waals surface area (Å²) in [6.07, 6.45) is 3.28. The zero-order chi connectivity index (χ0) is 18.0. The van der Waals surface area contributed by atoms with Crippen molar-refractivity contribution in [3.05, 3.63) is 22.9 Å². The van der Waals surface area contributed by atoms with Crippen LogP contribution in [0.5, 0.6) is 0 Å². The Balaban J connectivity index is 1.62. The van der Waals surface area contributed by atoms with Gasteiger partial charge in [-0.25, -0.2) is 4.98 Å². The van der Waals surface area contributed by atoms with Gasteiger partial charge in [-0.05, 0) is 6.42 Å². The third kappa shape index (κ3) is 3.72. The topological polar surface area (TPSA) is 96.5 Å². The van der Waals surface area contributed by atoms with E-state index in [1.807, 2.05) is 6.92 Å². The summed E-state index contributed by atoms with van der Waals surface area (Å²) in [5.41, 5.74) is 0.257. The number of piperazine rings is 1. The standard InChI is InChI=1S/C16H24N6O3/c1-3-12(23)9-20-4-6-21(7-5-20)14(24)10-22-11-17-15-13(16(22)25)8-18-19(15)2/h8,11-12,23H,3-7,9-10H2,1-2H3/t12-/m1/s1. The van der Waals surface area contributed by atoms with Gasteiger partial charge in [0.15, 0.2) is 5.65 Å². The molecule has 1 aliphatic rings. The number of β-amino-alcohol motifs (C(OH)–C–C–N with tert-alkyl or cyclic N) is 1. The molecule has 0 bridgehead atoms. The molecule has 0 saturated carbocycles. The molecule has 1 atom stereocenters. The second-order valence-corrected chi connectivity index (χ2v) is 6.43. The van der Waals surface area contributed by atoms with Crippen molar-refractivity contribution in [2.75, 3.05) is 32.7 Å². The van der Waals surface area contributed by atoms with Crippen LogP contribution < -0.4 is 5.56 Å². The Labute approximate surface area is 145 Å². The summed E-state index contributed by atoms with van der Waals surface area (Å²) >= 11 is 0. The Hall–Kier alpha value is -2.26. The van der Waals surface area contributed by atoms with E-state index in [0.717, 1.165) is 19.5 Å². The maximum Gasteiger partial charge on any atom is 0.264 e. The first-order valence-corrected chi connectivity index (χ1v) is 8.55. The van der Waals surface area contributed by atoms with Crippen molar-refractivity contribution in [2.24, 2.45) is 7.05 Å². The normalized spacial score (nSPS) is 17.2. The number of carbonyl (C=O) groups is 1. The lowest BCUT2D eigenvalue weighted by Gasteiger charge is -2.35. The molecule has 2 aromatic heterocycles. The maximum atomic E-state index is 12.5. The quantitative estimate of drug-likeness (QED) is 0.748. The first-order valence-electron chi connectivity index (χ1n) is 8.55. The van der Waals surface area contributed by atoms with E-state index in [2.05, 4.69) is 15.0 Å². The van der Waals surface area contributed by atoms with Gasteiger partial charge in [-0.3, -0.25) is 23.7 Å². The average Bonchev–Trinajstić information content (AvgIpc) is 2.99. The van der Waals surface area contributed by atoms with E-state index >= 15 is 0 Å². The Morgan fingerprint density at radius 2 is 2.04 bits per heavy atom. The van der Waals surface area contributed by atoms with Gasteiger partial charge in [-0.15, -0.1) is 0 Å². The lowest BCUT2D eigenvalue weighted by Crippen LogP contribution is -2.51. The van der Waals surface area contributed by atoms with E-state index in [4.69, 9.17) is 0 Å². The molecule has 1 N–H and O–H groups in total. The number of nitrogens with zero attached hydrogens (tertiary/aromatic N) is 6. The SMILES string of the molecule is CC[C@@H](O)CN1CCN(C(=O)Cn2cnc3c(cnn3C)c2=O)CC1. The molecule has 0 aliphatic carbocycles. The molecule has 1 fully saturated rings. The Morgan fingerprint density at radius 1 is 1.32 bits per heavy atom. The van der Waals surface area contributed by atoms with Gasteiger partial charge in [-0.2, -0.15) is 5.10 Å². The summed E-state index contributed by atoms with van der Waals surface area (Å²) in [4.78, 5) is 33.1. The Bertz CT molecular complexity index is 806. The van der Waals surface area contributed by atoms with Crippen LogP contribution in [-0.2, 0) is 18.4 Å². The van der Waals surface area contributed by atoms with E-state index < -0.39 is 0 Å². The largest absolute Gasteiger partial charge is 0.392 e. The molecule has 0 spiro atoms. The van der Waals surface area contributed by atoms with Gasteiger partial charge >= 0.3 is 0 Å². The molecular weight excluding hydrogens is 324 g/mol. The average molecular weight is 348 g/mol. The van der Waals surface area contributed by atoms with Crippen molar-refractivity contribution in [1.29, 1.82) is 0 Å². The smallest absolute Gasteiger partial charge is 0.264 e. The summed E-state index contributed by atoms with van der Waals surface area (Å²) in [5.74, 6) is -0.0946. The number of fused-ring (bicyclic) bond motifs is 1. The molecule has 1 aliphatic heterocycles. The molecule has 0 radical (unpaired) electrons. The van der Waals surface area contributed by atoms with E-state index in [-0.39, 0.29) is 24.1 Å². The minimum atomic E-state index is -0.321. The first kappa shape index (κ1) is 17.6. The summed E-state index contributed by atoms with van der Waals surface area (Å²) in [7, 11) is 1.72. The number of aliphatic hydroxyl groups is 1. The highest BCUT2D eigenvalue weighted by molar-refractivity contribution is 5.77. The minimum absolute atomic E-state index is 0.0196. The van der Waals surface area contributed by atoms with Crippen LogP contribution in [0.15, 0.2) is 17.3 Å². The van der Waals surface area contributed by atoms with E-state index in [9.17, 15) is 14.7 Å². The van der Waals surface area contributed by atoms with Gasteiger partial charge in [-0.1, -0.05) is 6.92 Å². The van der Waals surface area contributed by atoms with Gasteiger partial charge in [0.25, 0.3) is 5.56 Å². The van der Waals surface area contributed by atoms with Crippen molar-refractivity contribution >= 4 is 16.9 Å². The number of aryl methyl sites for hydroxylation is 1. The van der Waals surface area contributed by atoms with Crippen molar-refractivity contribution in [3.63, 3.8) is 0 Å². The van der Waals surface area contributed by atoms with Crippen LogP contribution >= 0.6 is 0 Å². The van der Waals surface area contributed by atoms with Crippen LogP contribution in [0.2, 0.25) is 0 Å². The summed E-state index contributed by atoms with van der Waals surface area (Å²) in [6.45, 7) is 5.25. The van der Waals surface area contributed by atoms with Gasteiger partial charge in [0.2, 0.25) is 5.91 Å². The summed E-state index contributed by atoms with van der Waals surface area (Å²) in [6, 6.07) is 0. The zero-order valence-electron chi connectivity index (χ0n) is 14.6. The van der Waals surface area contributed by atoms with E-state index in [1.165, 1.54) is 21.8 Å². The predicted molar refractivity (Wildman–Crippen MR) is 92.1 cm³/mol. The molecule has 3 heterocycles. The van der Waals surface area contributed by atoms with Crippen LogP contribution in [0.1, 0.15) is 13.3 Å². The first-order chi connectivity index (χ1) is 12.0. The molecule has 9 nitrogen and oxygen atoms in total. The minimum Gasteiger partial charge on any atom is -0.392 e. The highest BCUT2D eigenvalue weighted by Crippen LogP contribution is 2.06. The van der Waals surface area contributed by atoms with Crippen molar-refractivity contribution in [1.82, 2.24) is 29.1 Å². The maximum absolute atomic E-state index is 12.5. The molecule has 136 valence electrons. The fraction of sp³-hybridized carbons (Fsp3) is 0.625. The Morgan fingerprint density at radius 3 is 2.72 bits per heavy atom. The lowest BCUT2D eigenvalue weighted by atomic mass is 10.2. The van der Waals surface area contributed by atoms with Crippen molar-refractivity contribution in [2.45, 2.75) is 26.0 Å². The monoisotopic (exact) mass is 348 g/mol. The summed E-state index contributed by atoms with van der Waals surface area (Å²) in [5, 5.41) is 14.2. The lowest BCUT2D eigenvalue weighted by molar-refractivity contribution is -0.133. The zero-order valence-corrected chi connectivity index (χ0v) is 14.6. The third-order valence-corrected chi connectivity index (χ3v) is 4.69. The van der Waals surface area contributed by atoms with Crippen LogP contribution in [0.3, 0.4) is 0 Å². The number of aromatic nitrogens is 4. The number of rotatable bonds is 5.